The summed E-state index contributed by atoms with van der Waals surface area (Å²) >= 11 is 0. The van der Waals surface area contributed by atoms with Gasteiger partial charge >= 0.3 is 0 Å². The standard InChI is InChI=1S/6C8H6N2.2C7H5N3.2C7H6N2.C6H4N4/c1-3-7-8(9-5-1)4-2-6-10-7;1-3-7-4-2-6-10-8(7)9-5-1;1-2-7-6-9-5-3-8(7)10-4-1;1-2-7-3-5-9-6-8(7)10-4-1;1-2-4-8-7(3-1)5-9-6-10-8;1-2-4-8-7(3-1)9-5-6-10-8;1-2-8-5-7-6(1)9-3-4-10-7;1-2-6-7(9-3-1)10-5-4-8-6;1-2-7-6-8-3-5-9(7)4-1;1-2-5-9-6-4-8-7(9)3-1;1-5-6(10-3-7-1)2-8-4-9-5/h6*1-6H;2*1-5H;2*1-6H;1-4H. The van der Waals surface area contributed by atoms with Crippen LogP contribution in [-0.4, -0.2) is 128 Å². The number of para-hydroxylation sites is 3. The summed E-state index contributed by atoms with van der Waals surface area (Å²) < 4.78 is 3.99. The molecule has 0 saturated carbocycles. The van der Waals surface area contributed by atoms with E-state index >= 15 is 0 Å². The fourth-order valence-corrected chi connectivity index (χ4v) is 9.57. The summed E-state index contributed by atoms with van der Waals surface area (Å²) in [4.78, 5) is 96.4. The lowest BCUT2D eigenvalue weighted by molar-refractivity contribution is 1.14. The van der Waals surface area contributed by atoms with Crippen LogP contribution in [-0.2, 0) is 0 Å². The first-order valence-electron chi connectivity index (χ1n) is 33.2. The minimum absolute atomic E-state index is 0.699. The van der Waals surface area contributed by atoms with Crippen LogP contribution in [0.25, 0.3) is 110 Å². The maximum Gasteiger partial charge on any atom is 0.178 e. The molecule has 0 unspecified atom stereocenters. The van der Waals surface area contributed by atoms with Gasteiger partial charge in [0.1, 0.15) is 46.7 Å². The molecule has 0 saturated heterocycles. The molecule has 22 aromatic rings. The molecule has 0 amide bonds. The van der Waals surface area contributed by atoms with E-state index in [0.717, 1.165) is 105 Å². The Labute approximate surface area is 616 Å². The summed E-state index contributed by atoms with van der Waals surface area (Å²) in [6, 6.07) is 58.4. The number of imidazole rings is 1. The van der Waals surface area contributed by atoms with Gasteiger partial charge in [0.05, 0.1) is 80.6 Å². The minimum atomic E-state index is 0.699. The van der Waals surface area contributed by atoms with Crippen LogP contribution in [0.3, 0.4) is 0 Å². The van der Waals surface area contributed by atoms with Crippen molar-refractivity contribution >= 4 is 110 Å². The van der Waals surface area contributed by atoms with Crippen molar-refractivity contribution < 1.29 is 0 Å². The Morgan fingerprint density at radius 1 is 0.167 bits per heavy atom. The minimum Gasteiger partial charge on any atom is -0.321 e. The Morgan fingerprint density at radius 3 is 1.16 bits per heavy atom. The van der Waals surface area contributed by atoms with Gasteiger partial charge in [-0.15, -0.1) is 0 Å². The van der Waals surface area contributed by atoms with Gasteiger partial charge in [0.25, 0.3) is 0 Å². The molecule has 0 bridgehead atoms. The van der Waals surface area contributed by atoms with E-state index in [0.29, 0.717) is 5.65 Å². The lowest BCUT2D eigenvalue weighted by Gasteiger charge is -1.90. The summed E-state index contributed by atoms with van der Waals surface area (Å²) in [6.45, 7) is 0. The third-order valence-corrected chi connectivity index (χ3v) is 14.7. The zero-order valence-corrected chi connectivity index (χ0v) is 57.4. The van der Waals surface area contributed by atoms with E-state index in [2.05, 4.69) is 120 Å². The molecule has 0 atom stereocenters. The summed E-state index contributed by atoms with van der Waals surface area (Å²) in [5, 5.41) is 4.40. The Kier molecular flexibility index (Phi) is 26.6. The first kappa shape index (κ1) is 71.9. The van der Waals surface area contributed by atoms with E-state index in [9.17, 15) is 0 Å². The Bertz CT molecular complexity index is 4670. The zero-order valence-electron chi connectivity index (χ0n) is 57.4. The predicted molar refractivity (Wildman–Crippen MR) is 417 cm³/mol. The number of fused-ring (bicyclic) bond motifs is 11. The van der Waals surface area contributed by atoms with Crippen molar-refractivity contribution in [1.29, 1.82) is 0 Å². The summed E-state index contributed by atoms with van der Waals surface area (Å²) in [6.07, 6.45) is 55.6. The fourth-order valence-electron chi connectivity index (χ4n) is 9.57. The lowest BCUT2D eigenvalue weighted by Crippen LogP contribution is -1.84. The van der Waals surface area contributed by atoms with Gasteiger partial charge in [-0.2, -0.15) is 0 Å². The van der Waals surface area contributed by atoms with E-state index in [1.54, 1.807) is 143 Å². The summed E-state index contributed by atoms with van der Waals surface area (Å²) in [5.74, 6) is 0. The van der Waals surface area contributed by atoms with Crippen LogP contribution in [0, 0.1) is 0 Å². The van der Waals surface area contributed by atoms with Crippen LogP contribution in [0.1, 0.15) is 0 Å². The molecule has 0 fully saturated rings. The Morgan fingerprint density at radius 2 is 0.546 bits per heavy atom. The molecule has 0 aliphatic carbocycles. The number of rotatable bonds is 0. The highest BCUT2D eigenvalue weighted by Gasteiger charge is 1.97. The second-order valence-electron chi connectivity index (χ2n) is 21.8. The number of nitrogens with zero attached hydrogens (tertiary/aromatic N) is 26. The average Bonchev–Trinajstić information content (AvgIpc) is 1.87. The monoisotopic (exact) mass is 1410 g/mol. The molecule has 26 nitrogen and oxygen atoms in total. The van der Waals surface area contributed by atoms with Crippen LogP contribution in [0.15, 0.2) is 381 Å². The molecular weight excluding hydrogens is 1350 g/mol. The molecule has 0 radical (unpaired) electrons. The van der Waals surface area contributed by atoms with Crippen molar-refractivity contribution in [1.82, 2.24) is 128 Å². The summed E-state index contributed by atoms with van der Waals surface area (Å²) in [5.41, 5.74) is 14.5. The highest BCUT2D eigenvalue weighted by Crippen LogP contribution is 2.12. The van der Waals surface area contributed by atoms with Crippen LogP contribution in [0.2, 0.25) is 0 Å². The van der Waals surface area contributed by atoms with Gasteiger partial charge in [-0.05, 0) is 140 Å². The van der Waals surface area contributed by atoms with E-state index < -0.39 is 0 Å². The molecule has 20 heterocycles. The van der Waals surface area contributed by atoms with Gasteiger partial charge in [-0.1, -0.05) is 42.5 Å². The molecule has 520 valence electrons. The average molecular weight is 1410 g/mol. The number of pyridine rings is 11. The van der Waals surface area contributed by atoms with E-state index in [-0.39, 0.29) is 0 Å². The fraction of sp³-hybridized carbons (Fsp3) is 0. The molecule has 2 aromatic carbocycles. The number of hydrogen-bond acceptors (Lipinski definition) is 24. The van der Waals surface area contributed by atoms with Crippen LogP contribution >= 0.6 is 0 Å². The maximum atomic E-state index is 4.14. The van der Waals surface area contributed by atoms with Crippen molar-refractivity contribution in [3.63, 3.8) is 0 Å². The highest BCUT2D eigenvalue weighted by atomic mass is 15.0. The van der Waals surface area contributed by atoms with Gasteiger partial charge in [0, 0.05) is 170 Å². The normalized spacial score (nSPS) is 10.0. The number of hydrogen-bond donors (Lipinski definition) is 0. The predicted octanol–water partition coefficient (Wildman–Crippen LogP) is 14.9. The SMILES string of the molecule is c1cc2cnccn2c1.c1cc2nccnc2cn1.c1ccc2nccnc2c1.c1ccc2ncncc2c1.c1ccn2ccnc2c1.c1cnc2cccnc2c1.c1cnc2ccncc2c1.c1cnc2cnccc2c1.c1cnc2ncccc2c1.c1cnc2nccnc2c1.c1ncc2ncncc2n1. The first-order valence-corrected chi connectivity index (χ1v) is 33.2. The van der Waals surface area contributed by atoms with Gasteiger partial charge in [-0.3, -0.25) is 64.8 Å². The molecule has 0 N–H and O–H groups in total. The van der Waals surface area contributed by atoms with Crippen LogP contribution < -0.4 is 0 Å². The molecule has 0 spiro atoms. The highest BCUT2D eigenvalue weighted by molar-refractivity contribution is 5.79. The smallest absolute Gasteiger partial charge is 0.178 e. The van der Waals surface area contributed by atoms with Crippen LogP contribution in [0.5, 0.6) is 0 Å². The second kappa shape index (κ2) is 40.0. The molecular formula is C82H62N26. The van der Waals surface area contributed by atoms with E-state index in [1.807, 2.05) is 234 Å². The molecule has 0 aliphatic heterocycles. The Hall–Kier alpha value is -15.9. The first-order chi connectivity index (χ1) is 53.6. The maximum absolute atomic E-state index is 4.14. The topological polar surface area (TPSA) is 318 Å². The van der Waals surface area contributed by atoms with Crippen molar-refractivity contribution in [2.45, 2.75) is 0 Å². The van der Waals surface area contributed by atoms with Gasteiger partial charge in [-0.25, -0.2) is 54.8 Å². The van der Waals surface area contributed by atoms with Gasteiger partial charge in [0.15, 0.2) is 11.3 Å². The molecule has 108 heavy (non-hydrogen) atoms. The molecule has 20 aromatic heterocycles. The molecule has 26 heteroatoms. The van der Waals surface area contributed by atoms with E-state index in [4.69, 9.17) is 0 Å². The third kappa shape index (κ3) is 22.1. The van der Waals surface area contributed by atoms with Crippen molar-refractivity contribution in [3.05, 3.63) is 381 Å². The Balaban J connectivity index is 0.000000111. The van der Waals surface area contributed by atoms with Gasteiger partial charge in [0.2, 0.25) is 0 Å². The molecule has 22 rings (SSSR count). The van der Waals surface area contributed by atoms with Crippen molar-refractivity contribution in [2.75, 3.05) is 0 Å². The molecule has 0 aliphatic rings. The summed E-state index contributed by atoms with van der Waals surface area (Å²) in [7, 11) is 0. The van der Waals surface area contributed by atoms with Crippen LogP contribution in [0.4, 0.5) is 0 Å². The zero-order chi connectivity index (χ0) is 73.5. The van der Waals surface area contributed by atoms with E-state index in [1.165, 1.54) is 12.7 Å². The quantitative estimate of drug-likeness (QED) is 0.136. The van der Waals surface area contributed by atoms with Crippen molar-refractivity contribution in [2.24, 2.45) is 0 Å². The number of benzene rings is 2. The number of aromatic nitrogens is 26. The van der Waals surface area contributed by atoms with Gasteiger partial charge < -0.3 is 8.80 Å². The largest absolute Gasteiger partial charge is 0.321 e. The van der Waals surface area contributed by atoms with Crippen molar-refractivity contribution in [3.8, 4) is 0 Å². The second-order valence-corrected chi connectivity index (χ2v) is 21.8. The lowest BCUT2D eigenvalue weighted by atomic mass is 10.2. The third-order valence-electron chi connectivity index (χ3n) is 14.7.